The lowest BCUT2D eigenvalue weighted by atomic mass is 9.96. The van der Waals surface area contributed by atoms with Crippen molar-refractivity contribution in [3.63, 3.8) is 0 Å². The van der Waals surface area contributed by atoms with E-state index in [1.165, 1.54) is 0 Å². The molecule has 0 unspecified atom stereocenters. The van der Waals surface area contributed by atoms with Crippen molar-refractivity contribution in [3.8, 4) is 5.75 Å². The first-order chi connectivity index (χ1) is 9.46. The molecule has 0 bridgehead atoms. The summed E-state index contributed by atoms with van der Waals surface area (Å²) in [5, 5.41) is 12.4. The molecule has 0 aliphatic rings. The number of carbonyl (C=O) groups excluding carboxylic acids is 1. The van der Waals surface area contributed by atoms with Crippen molar-refractivity contribution in [2.45, 2.75) is 58.6 Å². The van der Waals surface area contributed by atoms with Gasteiger partial charge >= 0.3 is 6.09 Å². The number of phenols is 1. The first kappa shape index (κ1) is 17.3. The smallest absolute Gasteiger partial charge is 0.412 e. The Labute approximate surface area is 126 Å². The minimum Gasteiger partial charge on any atom is -0.506 e. The lowest BCUT2D eigenvalue weighted by Gasteiger charge is -2.20. The zero-order chi connectivity index (χ0) is 16.3. The van der Waals surface area contributed by atoms with Crippen molar-refractivity contribution in [3.05, 3.63) is 23.8 Å². The van der Waals surface area contributed by atoms with Gasteiger partial charge in [-0.05, 0) is 65.2 Å². The summed E-state index contributed by atoms with van der Waals surface area (Å²) < 4.78 is 5.17. The number of hydrogen-bond acceptors (Lipinski definition) is 4. The van der Waals surface area contributed by atoms with Crippen LogP contribution in [0.3, 0.4) is 0 Å². The van der Waals surface area contributed by atoms with E-state index in [9.17, 15) is 9.90 Å². The largest absolute Gasteiger partial charge is 0.506 e. The van der Waals surface area contributed by atoms with Crippen molar-refractivity contribution in [2.24, 2.45) is 5.73 Å². The molecule has 4 N–H and O–H groups in total. The summed E-state index contributed by atoms with van der Waals surface area (Å²) in [6.45, 7) is 9.28. The van der Waals surface area contributed by atoms with Gasteiger partial charge in [-0.1, -0.05) is 6.07 Å². The number of carbonyl (C=O) groups is 1. The van der Waals surface area contributed by atoms with Crippen LogP contribution in [0.1, 0.15) is 46.6 Å². The summed E-state index contributed by atoms with van der Waals surface area (Å²) in [7, 11) is 0. The van der Waals surface area contributed by atoms with Gasteiger partial charge in [-0.3, -0.25) is 5.32 Å². The zero-order valence-electron chi connectivity index (χ0n) is 13.5. The number of benzene rings is 1. The number of anilines is 1. The molecule has 118 valence electrons. The highest BCUT2D eigenvalue weighted by Gasteiger charge is 2.17. The maximum Gasteiger partial charge on any atom is 0.412 e. The Hall–Kier alpha value is -1.75. The van der Waals surface area contributed by atoms with Crippen LogP contribution in [0.2, 0.25) is 0 Å². The van der Waals surface area contributed by atoms with Crippen molar-refractivity contribution in [1.29, 1.82) is 0 Å². The molecule has 1 aromatic carbocycles. The van der Waals surface area contributed by atoms with E-state index in [1.54, 1.807) is 32.9 Å². The van der Waals surface area contributed by atoms with Crippen LogP contribution >= 0.6 is 0 Å². The normalized spacial score (nSPS) is 12.1. The van der Waals surface area contributed by atoms with Gasteiger partial charge in [-0.15, -0.1) is 0 Å². The predicted octanol–water partition coefficient (Wildman–Crippen LogP) is 3.41. The zero-order valence-corrected chi connectivity index (χ0v) is 13.5. The SMILES string of the molecule is CC(C)(N)CCc1ccc(O)c(NC(=O)OC(C)(C)C)c1. The molecule has 0 heterocycles. The summed E-state index contributed by atoms with van der Waals surface area (Å²) in [4.78, 5) is 11.7. The third-order valence-electron chi connectivity index (χ3n) is 2.75. The number of nitrogens with one attached hydrogen (secondary N) is 1. The van der Waals surface area contributed by atoms with Crippen LogP contribution in [0.4, 0.5) is 10.5 Å². The Balaban J connectivity index is 2.76. The third kappa shape index (κ3) is 6.99. The van der Waals surface area contributed by atoms with Crippen LogP contribution in [0, 0.1) is 0 Å². The van der Waals surface area contributed by atoms with Crippen molar-refractivity contribution < 1.29 is 14.6 Å². The van der Waals surface area contributed by atoms with E-state index in [-0.39, 0.29) is 11.3 Å². The molecule has 0 atom stereocenters. The number of phenolic OH excluding ortho intramolecular Hbond substituents is 1. The predicted molar refractivity (Wildman–Crippen MR) is 84.6 cm³/mol. The van der Waals surface area contributed by atoms with Gasteiger partial charge < -0.3 is 15.6 Å². The van der Waals surface area contributed by atoms with Crippen molar-refractivity contribution >= 4 is 11.8 Å². The van der Waals surface area contributed by atoms with E-state index in [0.29, 0.717) is 5.69 Å². The van der Waals surface area contributed by atoms with E-state index in [1.807, 2.05) is 19.9 Å². The molecule has 0 aromatic heterocycles. The number of aryl methyl sites for hydroxylation is 1. The molecular weight excluding hydrogens is 268 g/mol. The number of amides is 1. The number of nitrogens with two attached hydrogens (primary N) is 1. The van der Waals surface area contributed by atoms with Crippen molar-refractivity contribution in [1.82, 2.24) is 0 Å². The summed E-state index contributed by atoms with van der Waals surface area (Å²) in [6.07, 6.45) is 0.991. The van der Waals surface area contributed by atoms with E-state index >= 15 is 0 Å². The molecule has 5 nitrogen and oxygen atoms in total. The average Bonchev–Trinajstić information content (AvgIpc) is 2.26. The van der Waals surface area contributed by atoms with Crippen LogP contribution in [-0.2, 0) is 11.2 Å². The highest BCUT2D eigenvalue weighted by molar-refractivity contribution is 5.87. The second-order valence-corrected chi connectivity index (χ2v) is 6.97. The average molecular weight is 294 g/mol. The summed E-state index contributed by atoms with van der Waals surface area (Å²) >= 11 is 0. The van der Waals surface area contributed by atoms with Gasteiger partial charge in [0.1, 0.15) is 11.4 Å². The molecule has 0 aliphatic carbocycles. The minimum atomic E-state index is -0.589. The molecule has 0 saturated carbocycles. The molecular formula is C16H26N2O3. The Morgan fingerprint density at radius 2 is 1.90 bits per heavy atom. The molecule has 0 radical (unpaired) electrons. The van der Waals surface area contributed by atoms with Gasteiger partial charge in [0, 0.05) is 5.54 Å². The third-order valence-corrected chi connectivity index (χ3v) is 2.75. The minimum absolute atomic E-state index is 0.0108. The molecule has 0 fully saturated rings. The molecule has 21 heavy (non-hydrogen) atoms. The van der Waals surface area contributed by atoms with E-state index in [2.05, 4.69) is 5.32 Å². The van der Waals surface area contributed by atoms with Crippen LogP contribution in [0.25, 0.3) is 0 Å². The van der Waals surface area contributed by atoms with E-state index in [0.717, 1.165) is 18.4 Å². The summed E-state index contributed by atoms with van der Waals surface area (Å²) in [5.74, 6) is 0.0108. The number of rotatable bonds is 4. The van der Waals surface area contributed by atoms with Gasteiger partial charge in [0.25, 0.3) is 0 Å². The molecule has 1 amide bonds. The fourth-order valence-corrected chi connectivity index (χ4v) is 1.72. The van der Waals surface area contributed by atoms with Crippen molar-refractivity contribution in [2.75, 3.05) is 5.32 Å². The Kier molecular flexibility index (Phi) is 5.23. The van der Waals surface area contributed by atoms with Crippen LogP contribution in [-0.4, -0.2) is 22.3 Å². The highest BCUT2D eigenvalue weighted by Crippen LogP contribution is 2.26. The molecule has 0 aliphatic heterocycles. The quantitative estimate of drug-likeness (QED) is 0.743. The fourth-order valence-electron chi connectivity index (χ4n) is 1.72. The lowest BCUT2D eigenvalue weighted by Crippen LogP contribution is -2.32. The molecule has 1 rings (SSSR count). The maximum absolute atomic E-state index is 11.7. The highest BCUT2D eigenvalue weighted by atomic mass is 16.6. The van der Waals surface area contributed by atoms with Gasteiger partial charge in [0.15, 0.2) is 0 Å². The van der Waals surface area contributed by atoms with Crippen LogP contribution < -0.4 is 11.1 Å². The topological polar surface area (TPSA) is 84.6 Å². The van der Waals surface area contributed by atoms with Gasteiger partial charge in [-0.2, -0.15) is 0 Å². The summed E-state index contributed by atoms with van der Waals surface area (Å²) in [5.41, 5.74) is 6.47. The Morgan fingerprint density at radius 3 is 2.43 bits per heavy atom. The monoisotopic (exact) mass is 294 g/mol. The Morgan fingerprint density at radius 1 is 1.29 bits per heavy atom. The fraction of sp³-hybridized carbons (Fsp3) is 0.562. The number of ether oxygens (including phenoxy) is 1. The van der Waals surface area contributed by atoms with E-state index in [4.69, 9.17) is 10.5 Å². The van der Waals surface area contributed by atoms with E-state index < -0.39 is 11.7 Å². The lowest BCUT2D eigenvalue weighted by molar-refractivity contribution is 0.0635. The molecule has 5 heteroatoms. The summed E-state index contributed by atoms with van der Waals surface area (Å²) in [6, 6.07) is 5.12. The number of hydrogen-bond donors (Lipinski definition) is 3. The van der Waals surface area contributed by atoms with Gasteiger partial charge in [0.2, 0.25) is 0 Å². The Bertz CT molecular complexity index is 499. The first-order valence-electron chi connectivity index (χ1n) is 7.07. The second-order valence-electron chi connectivity index (χ2n) is 6.97. The standard InChI is InChI=1S/C16H26N2O3/c1-15(2,3)21-14(20)18-12-10-11(6-7-13(12)19)8-9-16(4,5)17/h6-7,10,19H,8-9,17H2,1-5H3,(H,18,20). The number of aromatic hydroxyl groups is 1. The second kappa shape index (κ2) is 6.35. The molecule has 1 aromatic rings. The maximum atomic E-state index is 11.7. The molecule has 0 spiro atoms. The first-order valence-corrected chi connectivity index (χ1v) is 7.07. The van der Waals surface area contributed by atoms with Crippen LogP contribution in [0.15, 0.2) is 18.2 Å². The van der Waals surface area contributed by atoms with Crippen LogP contribution in [0.5, 0.6) is 5.75 Å². The molecule has 0 saturated heterocycles. The van der Waals surface area contributed by atoms with Gasteiger partial charge in [0.05, 0.1) is 5.69 Å². The van der Waals surface area contributed by atoms with Gasteiger partial charge in [-0.25, -0.2) is 4.79 Å².